The van der Waals surface area contributed by atoms with E-state index >= 15 is 0 Å². The molecule has 1 aliphatic heterocycles. The topological polar surface area (TPSA) is 82.3 Å². The Morgan fingerprint density at radius 2 is 1.52 bits per heavy atom. The van der Waals surface area contributed by atoms with Crippen LogP contribution in [0.2, 0.25) is 0 Å². The van der Waals surface area contributed by atoms with Crippen molar-refractivity contribution in [3.05, 3.63) is 65.2 Å². The Morgan fingerprint density at radius 1 is 0.909 bits per heavy atom. The van der Waals surface area contributed by atoms with Gasteiger partial charge < -0.3 is 21.3 Å². The van der Waals surface area contributed by atoms with Crippen LogP contribution in [-0.2, 0) is 17.1 Å². The molecule has 2 aromatic rings. The first kappa shape index (κ1) is 24.4. The van der Waals surface area contributed by atoms with Crippen LogP contribution in [0.1, 0.15) is 35.7 Å². The van der Waals surface area contributed by atoms with E-state index in [9.17, 15) is 35.9 Å². The van der Waals surface area contributed by atoms with Crippen molar-refractivity contribution in [3.63, 3.8) is 0 Å². The Labute approximate surface area is 184 Å². The number of benzene rings is 2. The minimum atomic E-state index is -5.05. The summed E-state index contributed by atoms with van der Waals surface area (Å²) in [6, 6.07) is 7.36. The Bertz CT molecular complexity index is 956. The number of carbonyl (C=O) groups is 2. The van der Waals surface area contributed by atoms with Crippen LogP contribution in [0.4, 0.5) is 36.8 Å². The molecule has 4 N–H and O–H groups in total. The maximum atomic E-state index is 13.0. The SMILES string of the molecule is O=C(Nc1cc(C(F)(F)F)cc(C(F)(F)F)c1)N[C@H](NC(=O)[C@@H]1CCCN1)c1ccccc1. The summed E-state index contributed by atoms with van der Waals surface area (Å²) in [4.78, 5) is 25.0. The van der Waals surface area contributed by atoms with E-state index in [-0.39, 0.29) is 6.07 Å². The Morgan fingerprint density at radius 3 is 2.03 bits per heavy atom. The lowest BCUT2D eigenvalue weighted by Gasteiger charge is -2.23. The van der Waals surface area contributed by atoms with Crippen LogP contribution in [0, 0.1) is 0 Å². The molecular formula is C21H20F6N4O2. The molecule has 1 aliphatic rings. The molecule has 33 heavy (non-hydrogen) atoms. The van der Waals surface area contributed by atoms with Gasteiger partial charge in [-0.2, -0.15) is 26.3 Å². The zero-order chi connectivity index (χ0) is 24.2. The number of halogens is 6. The van der Waals surface area contributed by atoms with Crippen molar-refractivity contribution in [1.82, 2.24) is 16.0 Å². The normalized spacial score (nSPS) is 17.3. The predicted molar refractivity (Wildman–Crippen MR) is 107 cm³/mol. The van der Waals surface area contributed by atoms with Gasteiger partial charge in [-0.05, 0) is 43.1 Å². The van der Waals surface area contributed by atoms with Gasteiger partial charge >= 0.3 is 18.4 Å². The zero-order valence-corrected chi connectivity index (χ0v) is 17.0. The van der Waals surface area contributed by atoms with E-state index < -0.39 is 53.3 Å². The lowest BCUT2D eigenvalue weighted by Crippen LogP contribution is -2.48. The van der Waals surface area contributed by atoms with Gasteiger partial charge in [-0.25, -0.2) is 4.79 Å². The highest BCUT2D eigenvalue weighted by Gasteiger charge is 2.37. The van der Waals surface area contributed by atoms with E-state index in [1.807, 2.05) is 5.32 Å². The van der Waals surface area contributed by atoms with Gasteiger partial charge in [0.05, 0.1) is 17.2 Å². The van der Waals surface area contributed by atoms with Gasteiger partial charge in [-0.15, -0.1) is 0 Å². The van der Waals surface area contributed by atoms with Gasteiger partial charge in [-0.3, -0.25) is 4.79 Å². The van der Waals surface area contributed by atoms with Crippen LogP contribution in [0.5, 0.6) is 0 Å². The van der Waals surface area contributed by atoms with Gasteiger partial charge in [0.25, 0.3) is 0 Å². The molecule has 0 bridgehead atoms. The quantitative estimate of drug-likeness (QED) is 0.383. The second-order valence-electron chi connectivity index (χ2n) is 7.39. The van der Waals surface area contributed by atoms with Crippen molar-refractivity contribution in [3.8, 4) is 0 Å². The molecule has 0 spiro atoms. The van der Waals surface area contributed by atoms with Crippen molar-refractivity contribution < 1.29 is 35.9 Å². The molecule has 1 heterocycles. The summed E-state index contributed by atoms with van der Waals surface area (Å²) in [5.74, 6) is -0.403. The number of hydrogen-bond acceptors (Lipinski definition) is 3. The third kappa shape index (κ3) is 6.60. The van der Waals surface area contributed by atoms with E-state index in [2.05, 4.69) is 16.0 Å². The Balaban J connectivity index is 1.80. The number of amides is 3. The first-order chi connectivity index (χ1) is 15.4. The van der Waals surface area contributed by atoms with Gasteiger partial charge in [0.2, 0.25) is 5.91 Å². The van der Waals surface area contributed by atoms with Crippen LogP contribution in [0.15, 0.2) is 48.5 Å². The van der Waals surface area contributed by atoms with Crippen LogP contribution in [0.3, 0.4) is 0 Å². The minimum Gasteiger partial charge on any atom is -0.331 e. The lowest BCUT2D eigenvalue weighted by molar-refractivity contribution is -0.143. The third-order valence-corrected chi connectivity index (χ3v) is 4.92. The molecule has 6 nitrogen and oxygen atoms in total. The summed E-state index contributed by atoms with van der Waals surface area (Å²) in [5.41, 5.74) is -3.37. The summed E-state index contributed by atoms with van der Waals surface area (Å²) in [7, 11) is 0. The number of carbonyl (C=O) groups excluding carboxylic acids is 2. The highest BCUT2D eigenvalue weighted by atomic mass is 19.4. The number of rotatable bonds is 5. The average molecular weight is 474 g/mol. The molecule has 3 amide bonds. The van der Waals surface area contributed by atoms with E-state index in [1.165, 1.54) is 0 Å². The van der Waals surface area contributed by atoms with Crippen LogP contribution in [-0.4, -0.2) is 24.5 Å². The molecule has 1 fully saturated rings. The van der Waals surface area contributed by atoms with Gasteiger partial charge in [0.15, 0.2) is 0 Å². The summed E-state index contributed by atoms with van der Waals surface area (Å²) >= 11 is 0. The molecule has 178 valence electrons. The highest BCUT2D eigenvalue weighted by Crippen LogP contribution is 2.37. The van der Waals surface area contributed by atoms with E-state index in [4.69, 9.17) is 0 Å². The van der Waals surface area contributed by atoms with Crippen LogP contribution >= 0.6 is 0 Å². The lowest BCUT2D eigenvalue weighted by atomic mass is 10.1. The molecule has 2 atom stereocenters. The fourth-order valence-electron chi connectivity index (χ4n) is 3.32. The van der Waals surface area contributed by atoms with Gasteiger partial charge in [0, 0.05) is 5.69 Å². The predicted octanol–water partition coefficient (Wildman–Crippen LogP) is 4.41. The fourth-order valence-corrected chi connectivity index (χ4v) is 3.32. The first-order valence-corrected chi connectivity index (χ1v) is 9.89. The molecule has 1 saturated heterocycles. The molecule has 0 saturated carbocycles. The van der Waals surface area contributed by atoms with Crippen molar-refractivity contribution in [2.75, 3.05) is 11.9 Å². The number of nitrogens with one attached hydrogen (secondary N) is 4. The molecule has 0 unspecified atom stereocenters. The van der Waals surface area contributed by atoms with Crippen molar-refractivity contribution in [2.24, 2.45) is 0 Å². The molecule has 12 heteroatoms. The average Bonchev–Trinajstić information content (AvgIpc) is 3.27. The summed E-state index contributed by atoms with van der Waals surface area (Å²) in [5, 5.41) is 10.00. The fraction of sp³-hybridized carbons (Fsp3) is 0.333. The monoisotopic (exact) mass is 474 g/mol. The second kappa shape index (κ2) is 9.69. The standard InChI is InChI=1S/C21H20F6N4O2/c22-20(23,24)13-9-14(21(25,26)27)11-15(10-13)29-19(33)31-17(12-5-2-1-3-6-12)30-18(32)16-7-4-8-28-16/h1-3,5-6,9-11,16-17,28H,4,7-8H2,(H,30,32)(H2,29,31,33)/t16-,17-/m0/s1. The molecule has 0 aliphatic carbocycles. The first-order valence-electron chi connectivity index (χ1n) is 9.89. The summed E-state index contributed by atoms with van der Waals surface area (Å²) < 4.78 is 78.3. The molecular weight excluding hydrogens is 454 g/mol. The van der Waals surface area contributed by atoms with Crippen molar-refractivity contribution in [1.29, 1.82) is 0 Å². The number of hydrogen-bond donors (Lipinski definition) is 4. The second-order valence-corrected chi connectivity index (χ2v) is 7.39. The smallest absolute Gasteiger partial charge is 0.331 e. The number of anilines is 1. The zero-order valence-electron chi connectivity index (χ0n) is 17.0. The maximum absolute atomic E-state index is 13.0. The molecule has 3 rings (SSSR count). The Kier molecular flexibility index (Phi) is 7.15. The van der Waals surface area contributed by atoms with Gasteiger partial charge in [-0.1, -0.05) is 30.3 Å². The van der Waals surface area contributed by atoms with E-state index in [0.29, 0.717) is 30.7 Å². The maximum Gasteiger partial charge on any atom is 0.416 e. The third-order valence-electron chi connectivity index (χ3n) is 4.92. The van der Waals surface area contributed by atoms with E-state index in [1.54, 1.807) is 30.3 Å². The van der Waals surface area contributed by atoms with Crippen molar-refractivity contribution >= 4 is 17.6 Å². The number of urea groups is 1. The Hall–Kier alpha value is -3.28. The molecule has 0 aromatic heterocycles. The van der Waals surface area contributed by atoms with Crippen molar-refractivity contribution in [2.45, 2.75) is 37.4 Å². The largest absolute Gasteiger partial charge is 0.416 e. The van der Waals surface area contributed by atoms with Crippen LogP contribution < -0.4 is 21.3 Å². The number of alkyl halides is 6. The van der Waals surface area contributed by atoms with Gasteiger partial charge in [0.1, 0.15) is 6.17 Å². The highest BCUT2D eigenvalue weighted by molar-refractivity contribution is 5.90. The minimum absolute atomic E-state index is 0.0370. The van der Waals surface area contributed by atoms with E-state index in [0.717, 1.165) is 6.42 Å². The molecule has 0 radical (unpaired) electrons. The van der Waals surface area contributed by atoms with Crippen LogP contribution in [0.25, 0.3) is 0 Å². The summed E-state index contributed by atoms with van der Waals surface area (Å²) in [6.45, 7) is 0.652. The summed E-state index contributed by atoms with van der Waals surface area (Å²) in [6.07, 6.45) is -9.80. The molecule has 2 aromatic carbocycles.